The molecule has 2 aromatic heterocycles. The highest BCUT2D eigenvalue weighted by molar-refractivity contribution is 5.94. The minimum Gasteiger partial charge on any atom is -0.353 e. The number of nitrogens with one attached hydrogen (secondary N) is 2. The van der Waals surface area contributed by atoms with Gasteiger partial charge in [0, 0.05) is 57.2 Å². The number of amides is 2. The molecule has 0 aliphatic carbocycles. The molecule has 1 aliphatic rings. The number of H-pyrrole nitrogens is 1. The van der Waals surface area contributed by atoms with Gasteiger partial charge in [0.15, 0.2) is 0 Å². The van der Waals surface area contributed by atoms with E-state index in [0.29, 0.717) is 31.6 Å². The molecule has 4 rings (SSSR count). The fourth-order valence-corrected chi connectivity index (χ4v) is 4.16. The monoisotopic (exact) mass is 446 g/mol. The van der Waals surface area contributed by atoms with Crippen LogP contribution in [0.4, 0.5) is 5.82 Å². The summed E-state index contributed by atoms with van der Waals surface area (Å²) < 4.78 is 0. The van der Waals surface area contributed by atoms with E-state index in [0.717, 1.165) is 36.6 Å². The summed E-state index contributed by atoms with van der Waals surface area (Å²) in [5, 5.41) is 2.90. The Morgan fingerprint density at radius 3 is 2.48 bits per heavy atom. The van der Waals surface area contributed by atoms with Crippen molar-refractivity contribution in [3.63, 3.8) is 0 Å². The zero-order valence-electron chi connectivity index (χ0n) is 18.9. The van der Waals surface area contributed by atoms with Crippen molar-refractivity contribution in [1.29, 1.82) is 0 Å². The van der Waals surface area contributed by atoms with Crippen LogP contribution in [-0.2, 0) is 11.2 Å². The normalized spacial score (nSPS) is 14.7. The predicted octanol–water partition coefficient (Wildman–Crippen LogP) is 2.62. The summed E-state index contributed by atoms with van der Waals surface area (Å²) in [6.45, 7) is 5.37. The summed E-state index contributed by atoms with van der Waals surface area (Å²) in [4.78, 5) is 41.0. The van der Waals surface area contributed by atoms with E-state index in [4.69, 9.17) is 0 Å². The fourth-order valence-electron chi connectivity index (χ4n) is 4.16. The molecule has 0 spiro atoms. The molecule has 172 valence electrons. The third-order valence-corrected chi connectivity index (χ3v) is 6.07. The molecule has 1 unspecified atom stereocenters. The van der Waals surface area contributed by atoms with E-state index in [9.17, 15) is 9.59 Å². The molecular weight excluding hydrogens is 416 g/mol. The standard InChI is InChI=1S/C25H30N6O2/c1-2-22(19-6-4-3-5-7-19)25(33)31-14-12-30(13-15-31)23-9-8-20(16-28-23)24(32)27-11-10-21-17-26-18-29-21/h3-9,16-18,22H,2,10-15H2,1H3,(H,26,29)(H,27,32). The van der Waals surface area contributed by atoms with E-state index in [1.165, 1.54) is 0 Å². The molecule has 1 fully saturated rings. The minimum atomic E-state index is -0.143. The van der Waals surface area contributed by atoms with Crippen molar-refractivity contribution in [2.24, 2.45) is 0 Å². The highest BCUT2D eigenvalue weighted by atomic mass is 16.2. The van der Waals surface area contributed by atoms with Crippen LogP contribution in [0.2, 0.25) is 0 Å². The molecule has 8 nitrogen and oxygen atoms in total. The quantitative estimate of drug-likeness (QED) is 0.555. The van der Waals surface area contributed by atoms with Gasteiger partial charge in [0.2, 0.25) is 5.91 Å². The highest BCUT2D eigenvalue weighted by Gasteiger charge is 2.27. The molecule has 3 heterocycles. The second kappa shape index (κ2) is 10.8. The van der Waals surface area contributed by atoms with Crippen LogP contribution in [0.1, 0.15) is 40.9 Å². The lowest BCUT2D eigenvalue weighted by Gasteiger charge is -2.37. The summed E-state index contributed by atoms with van der Waals surface area (Å²) in [5.74, 6) is 0.780. The molecule has 33 heavy (non-hydrogen) atoms. The van der Waals surface area contributed by atoms with Gasteiger partial charge >= 0.3 is 0 Å². The van der Waals surface area contributed by atoms with Gasteiger partial charge < -0.3 is 20.1 Å². The summed E-state index contributed by atoms with van der Waals surface area (Å²) in [6, 6.07) is 13.7. The third kappa shape index (κ3) is 5.58. The number of carbonyl (C=O) groups excluding carboxylic acids is 2. The lowest BCUT2D eigenvalue weighted by atomic mass is 9.95. The zero-order valence-corrected chi connectivity index (χ0v) is 18.9. The maximum absolute atomic E-state index is 13.1. The van der Waals surface area contributed by atoms with Gasteiger partial charge in [-0.3, -0.25) is 9.59 Å². The maximum atomic E-state index is 13.1. The van der Waals surface area contributed by atoms with Crippen LogP contribution < -0.4 is 10.2 Å². The van der Waals surface area contributed by atoms with Crippen molar-refractivity contribution < 1.29 is 9.59 Å². The Morgan fingerprint density at radius 1 is 1.06 bits per heavy atom. The van der Waals surface area contributed by atoms with E-state index in [-0.39, 0.29) is 17.7 Å². The molecule has 0 bridgehead atoms. The van der Waals surface area contributed by atoms with Gasteiger partial charge in [-0.25, -0.2) is 9.97 Å². The number of piperazine rings is 1. The first-order chi connectivity index (χ1) is 16.2. The smallest absolute Gasteiger partial charge is 0.252 e. The molecule has 0 radical (unpaired) electrons. The average molecular weight is 447 g/mol. The number of pyridine rings is 1. The molecule has 1 saturated heterocycles. The molecular formula is C25H30N6O2. The third-order valence-electron chi connectivity index (χ3n) is 6.07. The molecule has 8 heteroatoms. The molecule has 0 saturated carbocycles. The molecule has 3 aromatic rings. The zero-order chi connectivity index (χ0) is 23.0. The van der Waals surface area contributed by atoms with Crippen molar-refractivity contribution in [3.8, 4) is 0 Å². The highest BCUT2D eigenvalue weighted by Crippen LogP contribution is 2.23. The van der Waals surface area contributed by atoms with Gasteiger partial charge in [-0.1, -0.05) is 37.3 Å². The fraction of sp³-hybridized carbons (Fsp3) is 0.360. The topological polar surface area (TPSA) is 94.2 Å². The summed E-state index contributed by atoms with van der Waals surface area (Å²) in [5.41, 5.74) is 2.59. The van der Waals surface area contributed by atoms with Gasteiger partial charge in [0.05, 0.1) is 17.8 Å². The Balaban J connectivity index is 1.28. The number of rotatable bonds is 8. The van der Waals surface area contributed by atoms with Gasteiger partial charge in [-0.2, -0.15) is 0 Å². The lowest BCUT2D eigenvalue weighted by molar-refractivity contribution is -0.133. The second-order valence-corrected chi connectivity index (χ2v) is 8.17. The van der Waals surface area contributed by atoms with Gasteiger partial charge in [-0.05, 0) is 24.1 Å². The Morgan fingerprint density at radius 2 is 1.85 bits per heavy atom. The summed E-state index contributed by atoms with van der Waals surface area (Å²) in [6.07, 6.45) is 6.47. The Bertz CT molecular complexity index is 1030. The summed E-state index contributed by atoms with van der Waals surface area (Å²) in [7, 11) is 0. The van der Waals surface area contributed by atoms with Crippen LogP contribution in [0.5, 0.6) is 0 Å². The van der Waals surface area contributed by atoms with E-state index in [1.807, 2.05) is 41.3 Å². The van der Waals surface area contributed by atoms with Gasteiger partial charge in [0.25, 0.3) is 5.91 Å². The lowest BCUT2D eigenvalue weighted by Crippen LogP contribution is -2.50. The van der Waals surface area contributed by atoms with Crippen molar-refractivity contribution in [1.82, 2.24) is 25.2 Å². The number of hydrogen-bond acceptors (Lipinski definition) is 5. The first-order valence-electron chi connectivity index (χ1n) is 11.5. The Hall–Kier alpha value is -3.68. The second-order valence-electron chi connectivity index (χ2n) is 8.17. The van der Waals surface area contributed by atoms with Crippen molar-refractivity contribution in [3.05, 3.63) is 78.0 Å². The van der Waals surface area contributed by atoms with Crippen molar-refractivity contribution in [2.75, 3.05) is 37.6 Å². The number of aromatic nitrogens is 3. The Labute approximate surface area is 194 Å². The molecule has 1 aliphatic heterocycles. The number of nitrogens with zero attached hydrogens (tertiary/aromatic N) is 4. The number of aromatic amines is 1. The molecule has 2 amide bonds. The van der Waals surface area contributed by atoms with E-state index >= 15 is 0 Å². The van der Waals surface area contributed by atoms with Crippen LogP contribution in [0.25, 0.3) is 0 Å². The Kier molecular flexibility index (Phi) is 7.34. The number of anilines is 1. The van der Waals surface area contributed by atoms with Crippen LogP contribution in [-0.4, -0.2) is 64.4 Å². The molecule has 1 aromatic carbocycles. The first kappa shape index (κ1) is 22.5. The first-order valence-corrected chi connectivity index (χ1v) is 11.5. The van der Waals surface area contributed by atoms with Crippen LogP contribution in [0.3, 0.4) is 0 Å². The SMILES string of the molecule is CCC(C(=O)N1CCN(c2ccc(C(=O)NCCc3cnc[nH]3)cn2)CC1)c1ccccc1. The number of imidazole rings is 1. The van der Waals surface area contributed by atoms with Gasteiger partial charge in [0.1, 0.15) is 5.82 Å². The molecule has 1 atom stereocenters. The van der Waals surface area contributed by atoms with Crippen LogP contribution >= 0.6 is 0 Å². The number of benzene rings is 1. The molecule has 2 N–H and O–H groups in total. The van der Waals surface area contributed by atoms with Gasteiger partial charge in [-0.15, -0.1) is 0 Å². The van der Waals surface area contributed by atoms with Crippen LogP contribution in [0, 0.1) is 0 Å². The largest absolute Gasteiger partial charge is 0.353 e. The van der Waals surface area contributed by atoms with Crippen molar-refractivity contribution >= 4 is 17.6 Å². The average Bonchev–Trinajstić information content (AvgIpc) is 3.39. The maximum Gasteiger partial charge on any atom is 0.252 e. The summed E-state index contributed by atoms with van der Waals surface area (Å²) >= 11 is 0. The number of hydrogen-bond donors (Lipinski definition) is 2. The van der Waals surface area contributed by atoms with E-state index < -0.39 is 0 Å². The minimum absolute atomic E-state index is 0.0954. The van der Waals surface area contributed by atoms with E-state index in [2.05, 4.69) is 32.1 Å². The van der Waals surface area contributed by atoms with Crippen molar-refractivity contribution in [2.45, 2.75) is 25.7 Å². The van der Waals surface area contributed by atoms with Crippen LogP contribution in [0.15, 0.2) is 61.2 Å². The number of carbonyl (C=O) groups is 2. The predicted molar refractivity (Wildman–Crippen MR) is 127 cm³/mol. The van der Waals surface area contributed by atoms with E-state index in [1.54, 1.807) is 24.8 Å².